The number of ether oxygens (including phenoxy) is 7. The Bertz CT molecular complexity index is 1150. The number of benzene rings is 2. The number of carbonyl (C=O) groups is 1. The summed E-state index contributed by atoms with van der Waals surface area (Å²) in [7, 11) is 1.52. The number of carbonyl (C=O) groups excluding carboxylic acids is 1. The molecule has 2 fully saturated rings. The molecule has 0 amide bonds. The summed E-state index contributed by atoms with van der Waals surface area (Å²) in [5, 5.41) is 3.98. The summed E-state index contributed by atoms with van der Waals surface area (Å²) in [5.74, 6) is -0.468. The smallest absolute Gasteiger partial charge is 0.303 e. The van der Waals surface area contributed by atoms with Crippen molar-refractivity contribution in [3.63, 3.8) is 0 Å². The van der Waals surface area contributed by atoms with Crippen molar-refractivity contribution in [1.29, 1.82) is 0 Å². The van der Waals surface area contributed by atoms with E-state index in [9.17, 15) is 10.3 Å². The zero-order valence-electron chi connectivity index (χ0n) is 24.1. The van der Waals surface area contributed by atoms with Gasteiger partial charge in [-0.15, -0.1) is 0 Å². The van der Waals surface area contributed by atoms with E-state index < -0.39 is 61.0 Å². The summed E-state index contributed by atoms with van der Waals surface area (Å²) in [6.45, 7) is 7.44. The quantitative estimate of drug-likeness (QED) is 0.164. The molecule has 2 saturated heterocycles. The maximum Gasteiger partial charge on any atom is 0.303 e. The molecule has 41 heavy (non-hydrogen) atoms. The number of nitrogens with zero attached hydrogens (tertiary/aromatic N) is 3. The van der Waals surface area contributed by atoms with Crippen LogP contribution in [-0.2, 0) is 51.2 Å². The molecule has 4 rings (SSSR count). The third-order valence-electron chi connectivity index (χ3n) is 7.38. The first kappa shape index (κ1) is 30.9. The topological polar surface area (TPSA) is 130 Å². The summed E-state index contributed by atoms with van der Waals surface area (Å²) in [4.78, 5) is 15.2. The highest BCUT2D eigenvalue weighted by Gasteiger charge is 2.52. The van der Waals surface area contributed by atoms with Crippen molar-refractivity contribution in [1.82, 2.24) is 0 Å². The first-order chi connectivity index (χ1) is 19.8. The SMILES string of the molecule is CO[C@H]1C(O[C@H]2C(OC(C)=O)[C@H](C)OC(C)[C@@H]2OCc2ccccc2)OC(C)[C@H](N=[N+]=[N-])[C@@H]1OCc1ccccc1. The molecule has 11 nitrogen and oxygen atoms in total. The summed E-state index contributed by atoms with van der Waals surface area (Å²) in [6, 6.07) is 18.7. The van der Waals surface area contributed by atoms with Crippen molar-refractivity contribution in [2.75, 3.05) is 7.11 Å². The van der Waals surface area contributed by atoms with Gasteiger partial charge in [-0.05, 0) is 37.4 Å². The highest BCUT2D eigenvalue weighted by atomic mass is 16.7. The summed E-state index contributed by atoms with van der Waals surface area (Å²) >= 11 is 0. The van der Waals surface area contributed by atoms with Gasteiger partial charge in [0.2, 0.25) is 0 Å². The van der Waals surface area contributed by atoms with Gasteiger partial charge in [-0.25, -0.2) is 0 Å². The zero-order valence-corrected chi connectivity index (χ0v) is 24.1. The Kier molecular flexibility index (Phi) is 11.1. The summed E-state index contributed by atoms with van der Waals surface area (Å²) < 4.78 is 43.2. The summed E-state index contributed by atoms with van der Waals surface area (Å²) in [5.41, 5.74) is 11.2. The minimum Gasteiger partial charge on any atom is -0.457 e. The second-order valence-electron chi connectivity index (χ2n) is 10.3. The van der Waals surface area contributed by atoms with Crippen LogP contribution in [0.5, 0.6) is 0 Å². The number of azide groups is 1. The lowest BCUT2D eigenvalue weighted by Gasteiger charge is -2.48. The Labute approximate surface area is 240 Å². The van der Waals surface area contributed by atoms with E-state index in [0.717, 1.165) is 11.1 Å². The van der Waals surface area contributed by atoms with Gasteiger partial charge in [0, 0.05) is 18.9 Å². The number of hydrogen-bond acceptors (Lipinski definition) is 9. The van der Waals surface area contributed by atoms with E-state index in [1.54, 1.807) is 6.92 Å². The van der Waals surface area contributed by atoms with Crippen molar-refractivity contribution < 1.29 is 38.0 Å². The standard InChI is InChI=1S/C30H39N3O8/c1-18-24(32-33-31)27(37-17-23-14-10-7-11-15-23)29(35-5)30(39-18)41-28-25(36-16-22-12-8-6-9-13-22)19(2)38-20(3)26(28)40-21(4)34/h6-15,18-20,24-30H,16-17H2,1-5H3/t18?,19?,20-,24-,25-,26?,27-,28+,29+,30?/m0/s1. The van der Waals surface area contributed by atoms with Crippen molar-refractivity contribution in [2.24, 2.45) is 5.11 Å². The molecule has 0 aliphatic carbocycles. The molecule has 0 N–H and O–H groups in total. The fourth-order valence-electron chi connectivity index (χ4n) is 5.40. The molecule has 2 heterocycles. The van der Waals surface area contributed by atoms with Crippen molar-refractivity contribution in [3.05, 3.63) is 82.2 Å². The number of esters is 1. The predicted molar refractivity (Wildman–Crippen MR) is 149 cm³/mol. The highest BCUT2D eigenvalue weighted by molar-refractivity contribution is 5.66. The Balaban J connectivity index is 1.61. The molecule has 4 unspecified atom stereocenters. The van der Waals surface area contributed by atoms with Crippen LogP contribution in [0.4, 0.5) is 0 Å². The fraction of sp³-hybridized carbons (Fsp3) is 0.567. The normalized spacial score (nSPS) is 33.5. The van der Waals surface area contributed by atoms with Crippen molar-refractivity contribution in [3.8, 4) is 0 Å². The number of methoxy groups -OCH3 is 1. The van der Waals surface area contributed by atoms with E-state index in [-0.39, 0.29) is 12.7 Å². The van der Waals surface area contributed by atoms with Gasteiger partial charge in [0.25, 0.3) is 0 Å². The molecule has 222 valence electrons. The minimum atomic E-state index is -0.954. The Morgan fingerprint density at radius 2 is 1.37 bits per heavy atom. The van der Waals surface area contributed by atoms with E-state index in [4.69, 9.17) is 33.2 Å². The van der Waals surface area contributed by atoms with Crippen LogP contribution in [0.3, 0.4) is 0 Å². The molecular formula is C30H39N3O8. The molecule has 2 aliphatic heterocycles. The van der Waals surface area contributed by atoms with E-state index in [0.29, 0.717) is 6.61 Å². The molecule has 11 heteroatoms. The van der Waals surface area contributed by atoms with Crippen LogP contribution < -0.4 is 0 Å². The van der Waals surface area contributed by atoms with Crippen LogP contribution in [0.25, 0.3) is 10.4 Å². The van der Waals surface area contributed by atoms with E-state index >= 15 is 0 Å². The first-order valence-corrected chi connectivity index (χ1v) is 13.8. The van der Waals surface area contributed by atoms with Crippen LogP contribution in [0.1, 0.15) is 38.8 Å². The molecule has 0 aromatic heterocycles. The van der Waals surface area contributed by atoms with Gasteiger partial charge in [0.05, 0.1) is 37.6 Å². The lowest BCUT2D eigenvalue weighted by Crippen LogP contribution is -2.64. The van der Waals surface area contributed by atoms with Crippen LogP contribution in [0.2, 0.25) is 0 Å². The van der Waals surface area contributed by atoms with Gasteiger partial charge in [-0.1, -0.05) is 65.8 Å². The zero-order chi connectivity index (χ0) is 29.4. The van der Waals surface area contributed by atoms with Gasteiger partial charge in [-0.3, -0.25) is 4.79 Å². The van der Waals surface area contributed by atoms with E-state index in [1.165, 1.54) is 14.0 Å². The molecule has 0 radical (unpaired) electrons. The molecule has 10 atom stereocenters. The molecule has 2 aromatic carbocycles. The highest BCUT2D eigenvalue weighted by Crippen LogP contribution is 2.34. The van der Waals surface area contributed by atoms with Crippen LogP contribution >= 0.6 is 0 Å². The van der Waals surface area contributed by atoms with E-state index in [2.05, 4.69) is 10.0 Å². The molecule has 0 saturated carbocycles. The molecule has 2 aromatic rings. The number of rotatable bonds is 11. The Morgan fingerprint density at radius 3 is 1.90 bits per heavy atom. The minimum absolute atomic E-state index is 0.270. The maximum absolute atomic E-state index is 12.1. The molecular weight excluding hydrogens is 530 g/mol. The average Bonchev–Trinajstić information content (AvgIpc) is 2.96. The largest absolute Gasteiger partial charge is 0.457 e. The lowest BCUT2D eigenvalue weighted by atomic mass is 9.94. The maximum atomic E-state index is 12.1. The van der Waals surface area contributed by atoms with Gasteiger partial charge in [-0.2, -0.15) is 0 Å². The van der Waals surface area contributed by atoms with Crippen LogP contribution in [0.15, 0.2) is 65.8 Å². The van der Waals surface area contributed by atoms with Crippen LogP contribution in [-0.4, -0.2) is 74.2 Å². The third-order valence-corrected chi connectivity index (χ3v) is 7.38. The molecule has 2 aliphatic rings. The number of hydrogen-bond donors (Lipinski definition) is 0. The van der Waals surface area contributed by atoms with Gasteiger partial charge < -0.3 is 33.2 Å². The monoisotopic (exact) mass is 569 g/mol. The molecule has 0 spiro atoms. The first-order valence-electron chi connectivity index (χ1n) is 13.8. The van der Waals surface area contributed by atoms with E-state index in [1.807, 2.05) is 74.5 Å². The van der Waals surface area contributed by atoms with Crippen LogP contribution in [0, 0.1) is 0 Å². The second-order valence-corrected chi connectivity index (χ2v) is 10.3. The van der Waals surface area contributed by atoms with Gasteiger partial charge in [0.15, 0.2) is 12.4 Å². The van der Waals surface area contributed by atoms with Crippen molar-refractivity contribution in [2.45, 2.75) is 102 Å². The summed E-state index contributed by atoms with van der Waals surface area (Å²) in [6.07, 6.45) is -5.97. The fourth-order valence-corrected chi connectivity index (χ4v) is 5.40. The average molecular weight is 570 g/mol. The third kappa shape index (κ3) is 7.84. The lowest BCUT2D eigenvalue weighted by molar-refractivity contribution is -0.333. The Morgan fingerprint density at radius 1 is 0.805 bits per heavy atom. The van der Waals surface area contributed by atoms with Gasteiger partial charge in [0.1, 0.15) is 24.4 Å². The molecule has 0 bridgehead atoms. The van der Waals surface area contributed by atoms with Gasteiger partial charge >= 0.3 is 5.97 Å². The predicted octanol–water partition coefficient (Wildman–Crippen LogP) is 4.72. The second kappa shape index (κ2) is 14.7. The van der Waals surface area contributed by atoms with Crippen molar-refractivity contribution >= 4 is 5.97 Å². The Hall–Kier alpha value is -3.02.